The van der Waals surface area contributed by atoms with E-state index >= 15 is 0 Å². The van der Waals surface area contributed by atoms with Crippen molar-refractivity contribution in [1.82, 2.24) is 16.0 Å². The van der Waals surface area contributed by atoms with E-state index < -0.39 is 41.1 Å². The van der Waals surface area contributed by atoms with E-state index in [-0.39, 0.29) is 12.3 Å². The van der Waals surface area contributed by atoms with Gasteiger partial charge in [0.1, 0.15) is 12.1 Å². The highest BCUT2D eigenvalue weighted by molar-refractivity contribution is 6.38. The highest BCUT2D eigenvalue weighted by Crippen LogP contribution is 2.16. The Morgan fingerprint density at radius 2 is 1.56 bits per heavy atom. The number of hydrogen-bond donors (Lipinski definition) is 3. The number of carbonyl (C=O) groups is 4. The number of rotatable bonds is 10. The van der Waals surface area contributed by atoms with E-state index in [4.69, 9.17) is 11.6 Å². The van der Waals surface area contributed by atoms with Gasteiger partial charge in [0.25, 0.3) is 11.8 Å². The minimum absolute atomic E-state index is 0.0832. The molecule has 2 aromatic rings. The summed E-state index contributed by atoms with van der Waals surface area (Å²) < 4.78 is 0. The smallest absolute Gasteiger partial charge is 0.290 e. The highest BCUT2D eigenvalue weighted by atomic mass is 35.5. The predicted octanol–water partition coefficient (Wildman–Crippen LogP) is 4.00. The normalized spacial score (nSPS) is 13.0. The number of benzene rings is 2. The SMILES string of the molecule is Cc1cc(Cl)ccc1C(=O)N[C@@H](CC(C)C)C(=O)NC(Cc1ccccc1)C(=O)C(=O)NC(C)(C)C. The quantitative estimate of drug-likeness (QED) is 0.417. The lowest BCUT2D eigenvalue weighted by Crippen LogP contribution is -2.56. The summed E-state index contributed by atoms with van der Waals surface area (Å²) in [6, 6.07) is 12.0. The van der Waals surface area contributed by atoms with Crippen molar-refractivity contribution in [3.63, 3.8) is 0 Å². The lowest BCUT2D eigenvalue weighted by atomic mass is 9.98. The lowest BCUT2D eigenvalue weighted by molar-refractivity contribution is -0.141. The van der Waals surface area contributed by atoms with E-state index in [1.54, 1.807) is 45.9 Å². The van der Waals surface area contributed by atoms with Crippen LogP contribution in [0.4, 0.5) is 0 Å². The first kappa shape index (κ1) is 29.0. The lowest BCUT2D eigenvalue weighted by Gasteiger charge is -2.25. The van der Waals surface area contributed by atoms with Gasteiger partial charge in [-0.2, -0.15) is 0 Å². The molecule has 1 unspecified atom stereocenters. The predicted molar refractivity (Wildman–Crippen MR) is 142 cm³/mol. The van der Waals surface area contributed by atoms with Gasteiger partial charge in [0.05, 0.1) is 0 Å². The van der Waals surface area contributed by atoms with E-state index in [1.165, 1.54) is 0 Å². The average Bonchev–Trinajstić information content (AvgIpc) is 2.76. The fourth-order valence-electron chi connectivity index (χ4n) is 3.71. The van der Waals surface area contributed by atoms with Crippen LogP contribution in [0.1, 0.15) is 62.5 Å². The standard InChI is InChI=1S/C28H36ClN3O4/c1-17(2)14-23(31-25(34)21-13-12-20(29)15-18(21)3)26(35)30-22(16-19-10-8-7-9-11-19)24(33)27(36)32-28(4,5)6/h7-13,15,17,22-23H,14,16H2,1-6H3,(H,30,35)(H,31,34)(H,32,36)/t22?,23-/m0/s1. The van der Waals surface area contributed by atoms with Gasteiger partial charge in [0.15, 0.2) is 0 Å². The zero-order valence-electron chi connectivity index (χ0n) is 21.8. The summed E-state index contributed by atoms with van der Waals surface area (Å²) in [5.74, 6) is -2.38. The van der Waals surface area contributed by atoms with Crippen molar-refractivity contribution in [3.8, 4) is 0 Å². The number of amides is 3. The summed E-state index contributed by atoms with van der Waals surface area (Å²) in [5.41, 5.74) is 1.27. The summed E-state index contributed by atoms with van der Waals surface area (Å²) in [6.07, 6.45) is 0.492. The molecule has 0 heterocycles. The monoisotopic (exact) mass is 513 g/mol. The van der Waals surface area contributed by atoms with E-state index in [0.717, 1.165) is 5.56 Å². The second kappa shape index (κ2) is 12.7. The summed E-state index contributed by atoms with van der Waals surface area (Å²) >= 11 is 6.01. The molecule has 0 saturated carbocycles. The van der Waals surface area contributed by atoms with Crippen LogP contribution in [0.3, 0.4) is 0 Å². The molecule has 7 nitrogen and oxygen atoms in total. The van der Waals surface area contributed by atoms with Gasteiger partial charge in [0, 0.05) is 22.5 Å². The third-order valence-corrected chi connectivity index (χ3v) is 5.63. The highest BCUT2D eigenvalue weighted by Gasteiger charge is 2.32. The molecule has 36 heavy (non-hydrogen) atoms. The average molecular weight is 514 g/mol. The van der Waals surface area contributed by atoms with Crippen LogP contribution in [-0.2, 0) is 20.8 Å². The number of carbonyl (C=O) groups excluding carboxylic acids is 4. The fraction of sp³-hybridized carbons (Fsp3) is 0.429. The minimum Gasteiger partial charge on any atom is -0.345 e. The molecule has 3 amide bonds. The van der Waals surface area contributed by atoms with Crippen LogP contribution in [0.25, 0.3) is 0 Å². The Kier molecular flexibility index (Phi) is 10.2. The molecule has 0 aliphatic carbocycles. The molecule has 8 heteroatoms. The molecule has 3 N–H and O–H groups in total. The van der Waals surface area contributed by atoms with Gasteiger partial charge in [-0.15, -0.1) is 0 Å². The summed E-state index contributed by atoms with van der Waals surface area (Å²) in [7, 11) is 0. The first-order valence-corrected chi connectivity index (χ1v) is 12.4. The Labute approximate surface area is 218 Å². The number of halogens is 1. The maximum atomic E-state index is 13.4. The molecular formula is C28H36ClN3O4. The van der Waals surface area contributed by atoms with Gasteiger partial charge in [-0.1, -0.05) is 55.8 Å². The Hall–Kier alpha value is -3.19. The molecule has 0 radical (unpaired) electrons. The fourth-order valence-corrected chi connectivity index (χ4v) is 3.94. The van der Waals surface area contributed by atoms with Crippen LogP contribution in [0.2, 0.25) is 5.02 Å². The first-order chi connectivity index (χ1) is 16.8. The number of nitrogens with one attached hydrogen (secondary N) is 3. The third-order valence-electron chi connectivity index (χ3n) is 5.39. The molecule has 0 bridgehead atoms. The number of ketones is 1. The Morgan fingerprint density at radius 1 is 0.917 bits per heavy atom. The zero-order chi connectivity index (χ0) is 27.0. The van der Waals surface area contributed by atoms with E-state index in [0.29, 0.717) is 22.6 Å². The van der Waals surface area contributed by atoms with Crippen molar-refractivity contribution in [2.75, 3.05) is 0 Å². The van der Waals surface area contributed by atoms with Gasteiger partial charge in [-0.3, -0.25) is 19.2 Å². The molecule has 2 atom stereocenters. The molecule has 0 aliphatic rings. The summed E-state index contributed by atoms with van der Waals surface area (Å²) in [6.45, 7) is 11.0. The molecule has 0 aliphatic heterocycles. The second-order valence-corrected chi connectivity index (χ2v) is 10.9. The summed E-state index contributed by atoms with van der Waals surface area (Å²) in [5, 5.41) is 8.70. The maximum Gasteiger partial charge on any atom is 0.290 e. The van der Waals surface area contributed by atoms with E-state index in [9.17, 15) is 19.2 Å². The third kappa shape index (κ3) is 9.11. The van der Waals surface area contributed by atoms with Gasteiger partial charge >= 0.3 is 0 Å². The molecular weight excluding hydrogens is 478 g/mol. The van der Waals surface area contributed by atoms with E-state index in [1.807, 2.05) is 44.2 Å². The Bertz CT molecular complexity index is 1090. The number of aryl methyl sites for hydroxylation is 1. The van der Waals surface area contributed by atoms with Crippen LogP contribution >= 0.6 is 11.6 Å². The van der Waals surface area contributed by atoms with Crippen molar-refractivity contribution in [2.24, 2.45) is 5.92 Å². The first-order valence-electron chi connectivity index (χ1n) is 12.0. The van der Waals surface area contributed by atoms with E-state index in [2.05, 4.69) is 16.0 Å². The molecule has 194 valence electrons. The van der Waals surface area contributed by atoms with Crippen LogP contribution in [-0.4, -0.2) is 41.1 Å². The Balaban J connectivity index is 2.27. The van der Waals surface area contributed by atoms with Crippen LogP contribution in [0.5, 0.6) is 0 Å². The molecule has 2 aromatic carbocycles. The van der Waals surface area contributed by atoms with Crippen molar-refractivity contribution in [3.05, 3.63) is 70.2 Å². The van der Waals surface area contributed by atoms with Crippen LogP contribution < -0.4 is 16.0 Å². The largest absolute Gasteiger partial charge is 0.345 e. The van der Waals surface area contributed by atoms with Crippen molar-refractivity contribution >= 4 is 35.1 Å². The molecule has 0 spiro atoms. The zero-order valence-corrected chi connectivity index (χ0v) is 22.5. The number of Topliss-reactive ketones (excluding diaryl/α,β-unsaturated/α-hetero) is 1. The maximum absolute atomic E-state index is 13.4. The number of hydrogen-bond acceptors (Lipinski definition) is 4. The second-order valence-electron chi connectivity index (χ2n) is 10.4. The summed E-state index contributed by atoms with van der Waals surface area (Å²) in [4.78, 5) is 52.1. The van der Waals surface area contributed by atoms with Gasteiger partial charge in [-0.05, 0) is 69.4 Å². The van der Waals surface area contributed by atoms with Gasteiger partial charge in [-0.25, -0.2) is 0 Å². The van der Waals surface area contributed by atoms with Crippen LogP contribution in [0.15, 0.2) is 48.5 Å². The van der Waals surface area contributed by atoms with Gasteiger partial charge in [0.2, 0.25) is 11.7 Å². The van der Waals surface area contributed by atoms with Crippen LogP contribution in [0, 0.1) is 12.8 Å². The molecule has 0 fully saturated rings. The van der Waals surface area contributed by atoms with Gasteiger partial charge < -0.3 is 16.0 Å². The molecule has 2 rings (SSSR count). The minimum atomic E-state index is -1.09. The Morgan fingerprint density at radius 3 is 2.11 bits per heavy atom. The molecule has 0 aromatic heterocycles. The van der Waals surface area contributed by atoms with Crippen molar-refractivity contribution < 1.29 is 19.2 Å². The van der Waals surface area contributed by atoms with Crippen molar-refractivity contribution in [1.29, 1.82) is 0 Å². The molecule has 0 saturated heterocycles. The van der Waals surface area contributed by atoms with Crippen molar-refractivity contribution in [2.45, 2.75) is 72.0 Å². The topological polar surface area (TPSA) is 104 Å².